The molecule has 3 rings (SSSR count). The second-order valence-electron chi connectivity index (χ2n) is 5.60. The molecule has 0 unspecified atom stereocenters. The van der Waals surface area contributed by atoms with E-state index in [0.717, 1.165) is 11.4 Å². The lowest BCUT2D eigenvalue weighted by molar-refractivity contribution is 0.0826. The zero-order chi connectivity index (χ0) is 17.8. The van der Waals surface area contributed by atoms with Crippen LogP contribution in [-0.2, 0) is 4.84 Å². The first kappa shape index (κ1) is 16.5. The lowest BCUT2D eigenvalue weighted by Gasteiger charge is -2.21. The number of aromatic nitrogens is 2. The van der Waals surface area contributed by atoms with Crippen molar-refractivity contribution in [2.24, 2.45) is 0 Å². The Labute approximate surface area is 145 Å². The van der Waals surface area contributed by atoms with Crippen molar-refractivity contribution in [2.45, 2.75) is 13.8 Å². The number of rotatable bonds is 2. The molecule has 0 saturated heterocycles. The first-order valence-electron chi connectivity index (χ1n) is 7.82. The molecule has 0 spiro atoms. The van der Waals surface area contributed by atoms with Crippen LogP contribution in [0.1, 0.15) is 27.3 Å². The number of nitriles is 1. The summed E-state index contributed by atoms with van der Waals surface area (Å²) in [6.07, 6.45) is 2.97. The summed E-state index contributed by atoms with van der Waals surface area (Å²) in [5, 5.41) is 10.7. The van der Waals surface area contributed by atoms with Crippen LogP contribution in [0.2, 0.25) is 0 Å². The van der Waals surface area contributed by atoms with Gasteiger partial charge in [0.15, 0.2) is 0 Å². The van der Waals surface area contributed by atoms with Crippen molar-refractivity contribution in [3.8, 4) is 6.07 Å². The molecule has 1 amide bonds. The fourth-order valence-corrected chi connectivity index (χ4v) is 2.56. The molecular formula is C18H17N5O2. The zero-order valence-electron chi connectivity index (χ0n) is 14.0. The van der Waals surface area contributed by atoms with Crippen molar-refractivity contribution in [2.75, 3.05) is 18.2 Å². The van der Waals surface area contributed by atoms with Gasteiger partial charge in [-0.1, -0.05) is 12.1 Å². The Kier molecular flexibility index (Phi) is 4.61. The Morgan fingerprint density at radius 3 is 2.64 bits per heavy atom. The summed E-state index contributed by atoms with van der Waals surface area (Å²) in [7, 11) is 0. The maximum atomic E-state index is 12.7. The van der Waals surface area contributed by atoms with Gasteiger partial charge in [-0.3, -0.25) is 4.79 Å². The van der Waals surface area contributed by atoms with Crippen LogP contribution in [0.3, 0.4) is 0 Å². The number of hydrogen-bond donors (Lipinski definition) is 0. The second-order valence-corrected chi connectivity index (χ2v) is 5.60. The number of anilines is 1. The minimum atomic E-state index is -0.250. The number of hydrogen-bond acceptors (Lipinski definition) is 6. The van der Waals surface area contributed by atoms with Gasteiger partial charge in [0, 0.05) is 24.1 Å². The van der Waals surface area contributed by atoms with E-state index in [1.165, 1.54) is 11.2 Å². The Balaban J connectivity index is 1.78. The highest BCUT2D eigenvalue weighted by molar-refractivity contribution is 5.97. The monoisotopic (exact) mass is 335 g/mol. The Hall–Kier alpha value is -3.40. The molecular weight excluding hydrogens is 318 g/mol. The van der Waals surface area contributed by atoms with Crippen molar-refractivity contribution < 1.29 is 9.63 Å². The van der Waals surface area contributed by atoms with E-state index in [4.69, 9.17) is 4.84 Å². The fraction of sp³-hybridized carbons (Fsp3) is 0.222. The fourth-order valence-electron chi connectivity index (χ4n) is 2.56. The Morgan fingerprint density at radius 2 is 1.92 bits per heavy atom. The molecule has 0 fully saturated rings. The third-order valence-electron chi connectivity index (χ3n) is 3.71. The molecule has 7 nitrogen and oxygen atoms in total. The van der Waals surface area contributed by atoms with Crippen LogP contribution in [0.4, 0.5) is 5.95 Å². The molecule has 2 aromatic rings. The molecule has 1 aliphatic heterocycles. The first-order valence-corrected chi connectivity index (χ1v) is 7.82. The van der Waals surface area contributed by atoms with E-state index in [2.05, 4.69) is 9.97 Å². The third-order valence-corrected chi connectivity index (χ3v) is 3.71. The lowest BCUT2D eigenvalue weighted by atomic mass is 10.1. The van der Waals surface area contributed by atoms with Crippen molar-refractivity contribution in [1.29, 1.82) is 5.26 Å². The van der Waals surface area contributed by atoms with Gasteiger partial charge in [0.1, 0.15) is 6.26 Å². The molecule has 7 heteroatoms. The highest BCUT2D eigenvalue weighted by Gasteiger charge is 2.21. The van der Waals surface area contributed by atoms with Gasteiger partial charge in [-0.05, 0) is 32.0 Å². The van der Waals surface area contributed by atoms with Crippen molar-refractivity contribution in [3.05, 3.63) is 65.3 Å². The van der Waals surface area contributed by atoms with Gasteiger partial charge < -0.3 is 9.74 Å². The van der Waals surface area contributed by atoms with Crippen LogP contribution in [0, 0.1) is 25.2 Å². The zero-order valence-corrected chi connectivity index (χ0v) is 14.0. The van der Waals surface area contributed by atoms with Crippen LogP contribution in [0.5, 0.6) is 0 Å². The van der Waals surface area contributed by atoms with Crippen LogP contribution in [0.25, 0.3) is 0 Å². The maximum Gasteiger partial charge on any atom is 0.259 e. The van der Waals surface area contributed by atoms with Crippen molar-refractivity contribution in [1.82, 2.24) is 14.9 Å². The van der Waals surface area contributed by atoms with Gasteiger partial charge in [-0.2, -0.15) is 10.3 Å². The standard InChI is InChI=1S/C18H17N5O2/c1-13-11-14(2)21-18(20-13)23-8-7-22(9-10-25-23)17(24)16-6-4-3-5-15(16)12-19/h3-6,9-11H,7-8H2,1-2H3. The SMILES string of the molecule is Cc1cc(C)nc(N2CCN(C(=O)c3ccccc3C#N)C=CO2)n1. The van der Waals surface area contributed by atoms with Gasteiger partial charge in [0.25, 0.3) is 11.9 Å². The highest BCUT2D eigenvalue weighted by Crippen LogP contribution is 2.16. The predicted molar refractivity (Wildman–Crippen MR) is 91.3 cm³/mol. The van der Waals surface area contributed by atoms with Gasteiger partial charge in [-0.15, -0.1) is 0 Å². The molecule has 25 heavy (non-hydrogen) atoms. The Morgan fingerprint density at radius 1 is 1.20 bits per heavy atom. The topological polar surface area (TPSA) is 82.4 Å². The van der Waals surface area contributed by atoms with E-state index >= 15 is 0 Å². The molecule has 0 bridgehead atoms. The van der Waals surface area contributed by atoms with E-state index in [0.29, 0.717) is 30.2 Å². The number of aryl methyl sites for hydroxylation is 2. The number of carbonyl (C=O) groups excluding carboxylic acids is 1. The van der Waals surface area contributed by atoms with Crippen LogP contribution in [-0.4, -0.2) is 33.9 Å². The third kappa shape index (κ3) is 3.58. The molecule has 0 radical (unpaired) electrons. The summed E-state index contributed by atoms with van der Waals surface area (Å²) in [6.45, 7) is 4.56. The van der Waals surface area contributed by atoms with Crippen molar-refractivity contribution >= 4 is 11.9 Å². The predicted octanol–water partition coefficient (Wildman–Crippen LogP) is 2.33. The summed E-state index contributed by atoms with van der Waals surface area (Å²) in [4.78, 5) is 28.5. The lowest BCUT2D eigenvalue weighted by Crippen LogP contribution is -2.34. The molecule has 0 N–H and O–H groups in total. The van der Waals surface area contributed by atoms with E-state index in [1.54, 1.807) is 35.5 Å². The summed E-state index contributed by atoms with van der Waals surface area (Å²) in [5.41, 5.74) is 2.40. The summed E-state index contributed by atoms with van der Waals surface area (Å²) < 4.78 is 0. The molecule has 126 valence electrons. The molecule has 0 atom stereocenters. The summed E-state index contributed by atoms with van der Waals surface area (Å²) in [6, 6.07) is 10.7. The first-order chi connectivity index (χ1) is 12.1. The molecule has 0 saturated carbocycles. The van der Waals surface area contributed by atoms with Gasteiger partial charge in [0.2, 0.25) is 0 Å². The number of carbonyl (C=O) groups is 1. The number of amides is 1. The number of benzene rings is 1. The summed E-state index contributed by atoms with van der Waals surface area (Å²) >= 11 is 0. The average Bonchev–Trinajstić information content (AvgIpc) is 2.86. The quantitative estimate of drug-likeness (QED) is 0.838. The number of nitrogens with zero attached hydrogens (tertiary/aromatic N) is 5. The maximum absolute atomic E-state index is 12.7. The molecule has 1 aromatic carbocycles. The van der Waals surface area contributed by atoms with E-state index in [1.807, 2.05) is 26.0 Å². The largest absolute Gasteiger partial charge is 0.383 e. The summed E-state index contributed by atoms with van der Waals surface area (Å²) in [5.74, 6) is 0.203. The smallest absolute Gasteiger partial charge is 0.259 e. The minimum Gasteiger partial charge on any atom is -0.383 e. The molecule has 0 aliphatic carbocycles. The van der Waals surface area contributed by atoms with Crippen LogP contribution < -0.4 is 5.06 Å². The molecule has 1 aromatic heterocycles. The molecule has 1 aliphatic rings. The highest BCUT2D eigenvalue weighted by atomic mass is 16.7. The Bertz CT molecular complexity index is 852. The second kappa shape index (κ2) is 7.01. The van der Waals surface area contributed by atoms with Gasteiger partial charge >= 0.3 is 0 Å². The van der Waals surface area contributed by atoms with E-state index in [-0.39, 0.29) is 5.91 Å². The van der Waals surface area contributed by atoms with Gasteiger partial charge in [-0.25, -0.2) is 9.97 Å². The molecule has 2 heterocycles. The minimum absolute atomic E-state index is 0.250. The van der Waals surface area contributed by atoms with E-state index < -0.39 is 0 Å². The average molecular weight is 335 g/mol. The van der Waals surface area contributed by atoms with Crippen LogP contribution in [0.15, 0.2) is 42.8 Å². The van der Waals surface area contributed by atoms with E-state index in [9.17, 15) is 10.1 Å². The van der Waals surface area contributed by atoms with Crippen LogP contribution >= 0.6 is 0 Å². The number of hydroxylamine groups is 1. The van der Waals surface area contributed by atoms with Crippen molar-refractivity contribution in [3.63, 3.8) is 0 Å². The van der Waals surface area contributed by atoms with Gasteiger partial charge in [0.05, 0.1) is 23.7 Å². The normalized spacial score (nSPS) is 13.8.